The molecule has 0 unspecified atom stereocenters. The molecule has 0 saturated carbocycles. The van der Waals surface area contributed by atoms with Crippen LogP contribution in [0, 0.1) is 5.92 Å². The van der Waals surface area contributed by atoms with Crippen molar-refractivity contribution >= 4 is 0 Å². The molecule has 1 fully saturated rings. The fourth-order valence-corrected chi connectivity index (χ4v) is 1.22. The van der Waals surface area contributed by atoms with Crippen molar-refractivity contribution in [2.45, 2.75) is 32.9 Å². The summed E-state index contributed by atoms with van der Waals surface area (Å²) in [5.74, 6) is 0.683. The van der Waals surface area contributed by atoms with E-state index >= 15 is 0 Å². The normalized spacial score (nSPS) is 34.8. The summed E-state index contributed by atoms with van der Waals surface area (Å²) in [6.07, 6.45) is 0. The zero-order chi connectivity index (χ0) is 7.56. The van der Waals surface area contributed by atoms with E-state index in [2.05, 4.69) is 26.1 Å². The molecule has 1 rings (SSSR count). The van der Waals surface area contributed by atoms with Crippen molar-refractivity contribution in [1.82, 2.24) is 5.32 Å². The minimum absolute atomic E-state index is 0.529. The number of hydrogen-bond acceptors (Lipinski definition) is 2. The predicted molar refractivity (Wildman–Crippen MR) is 42.0 cm³/mol. The maximum absolute atomic E-state index is 5.39. The molecule has 0 aromatic heterocycles. The van der Waals surface area contributed by atoms with E-state index in [0.29, 0.717) is 18.0 Å². The zero-order valence-electron chi connectivity index (χ0n) is 7.05. The number of ether oxygens (including phenoxy) is 1. The third-order valence-electron chi connectivity index (χ3n) is 1.97. The first-order valence-electron chi connectivity index (χ1n) is 4.04. The van der Waals surface area contributed by atoms with E-state index in [1.807, 2.05) is 0 Å². The van der Waals surface area contributed by atoms with Crippen LogP contribution in [0.5, 0.6) is 0 Å². The maximum atomic E-state index is 5.39. The Balaban J connectivity index is 2.32. The average Bonchev–Trinajstić information content (AvgIpc) is 1.88. The van der Waals surface area contributed by atoms with E-state index < -0.39 is 0 Å². The molecule has 0 bridgehead atoms. The van der Waals surface area contributed by atoms with Crippen molar-refractivity contribution in [2.24, 2.45) is 5.92 Å². The Morgan fingerprint density at radius 2 is 2.10 bits per heavy atom. The topological polar surface area (TPSA) is 21.3 Å². The van der Waals surface area contributed by atoms with Gasteiger partial charge in [0.1, 0.15) is 0 Å². The van der Waals surface area contributed by atoms with Crippen LogP contribution in [0.15, 0.2) is 0 Å². The van der Waals surface area contributed by atoms with Gasteiger partial charge in [-0.2, -0.15) is 0 Å². The summed E-state index contributed by atoms with van der Waals surface area (Å²) in [7, 11) is 0. The molecule has 0 spiro atoms. The molecule has 0 aromatic carbocycles. The molecular weight excluding hydrogens is 126 g/mol. The summed E-state index contributed by atoms with van der Waals surface area (Å²) in [4.78, 5) is 0. The number of rotatable bonds is 1. The zero-order valence-corrected chi connectivity index (χ0v) is 7.05. The third-order valence-corrected chi connectivity index (χ3v) is 1.97. The molecule has 0 aromatic rings. The number of hydrogen-bond donors (Lipinski definition) is 1. The van der Waals surface area contributed by atoms with Crippen LogP contribution in [0.3, 0.4) is 0 Å². The summed E-state index contributed by atoms with van der Waals surface area (Å²) < 4.78 is 5.39. The van der Waals surface area contributed by atoms with Gasteiger partial charge in [-0.3, -0.25) is 0 Å². The third kappa shape index (κ3) is 1.96. The van der Waals surface area contributed by atoms with E-state index in [9.17, 15) is 0 Å². The molecule has 10 heavy (non-hydrogen) atoms. The molecule has 1 aliphatic heterocycles. The van der Waals surface area contributed by atoms with Gasteiger partial charge >= 0.3 is 0 Å². The molecule has 60 valence electrons. The van der Waals surface area contributed by atoms with Crippen molar-refractivity contribution in [3.63, 3.8) is 0 Å². The van der Waals surface area contributed by atoms with Gasteiger partial charge in [0.25, 0.3) is 0 Å². The molecule has 2 atom stereocenters. The van der Waals surface area contributed by atoms with Crippen LogP contribution in [-0.4, -0.2) is 25.3 Å². The van der Waals surface area contributed by atoms with E-state index in [1.54, 1.807) is 0 Å². The van der Waals surface area contributed by atoms with Gasteiger partial charge in [0.05, 0.1) is 13.2 Å². The van der Waals surface area contributed by atoms with Crippen LogP contribution in [0.25, 0.3) is 0 Å². The first kappa shape index (κ1) is 8.02. The highest BCUT2D eigenvalue weighted by Gasteiger charge is 2.20. The summed E-state index contributed by atoms with van der Waals surface area (Å²) in [5, 5.41) is 3.49. The van der Waals surface area contributed by atoms with Crippen molar-refractivity contribution in [2.75, 3.05) is 13.2 Å². The number of nitrogens with one attached hydrogen (secondary N) is 1. The maximum Gasteiger partial charge on any atom is 0.0622 e. The average molecular weight is 143 g/mol. The van der Waals surface area contributed by atoms with Crippen molar-refractivity contribution < 1.29 is 4.74 Å². The van der Waals surface area contributed by atoms with Crippen LogP contribution >= 0.6 is 0 Å². The Kier molecular flexibility index (Phi) is 2.69. The van der Waals surface area contributed by atoms with E-state index in [4.69, 9.17) is 4.74 Å². The lowest BCUT2D eigenvalue weighted by Crippen LogP contribution is -2.49. The van der Waals surface area contributed by atoms with Gasteiger partial charge in [0.15, 0.2) is 0 Å². The molecule has 2 heteroatoms. The highest BCUT2D eigenvalue weighted by molar-refractivity contribution is 4.77. The van der Waals surface area contributed by atoms with Crippen molar-refractivity contribution in [3.8, 4) is 0 Å². The van der Waals surface area contributed by atoms with Crippen LogP contribution in [-0.2, 0) is 4.74 Å². The van der Waals surface area contributed by atoms with Gasteiger partial charge in [-0.25, -0.2) is 0 Å². The van der Waals surface area contributed by atoms with Gasteiger partial charge in [-0.05, 0) is 12.8 Å². The first-order valence-corrected chi connectivity index (χ1v) is 4.04. The van der Waals surface area contributed by atoms with Gasteiger partial charge in [-0.15, -0.1) is 0 Å². The minimum atomic E-state index is 0.529. The molecule has 1 saturated heterocycles. The summed E-state index contributed by atoms with van der Waals surface area (Å²) >= 11 is 0. The lowest BCUT2D eigenvalue weighted by molar-refractivity contribution is 0.0370. The Morgan fingerprint density at radius 3 is 2.50 bits per heavy atom. The summed E-state index contributed by atoms with van der Waals surface area (Å²) in [6, 6.07) is 1.09. The predicted octanol–water partition coefficient (Wildman–Crippen LogP) is 1.02. The second kappa shape index (κ2) is 3.35. The molecule has 0 amide bonds. The molecule has 1 heterocycles. The fraction of sp³-hybridized carbons (Fsp3) is 1.00. The van der Waals surface area contributed by atoms with Gasteiger partial charge in [0, 0.05) is 12.1 Å². The molecule has 0 radical (unpaired) electrons. The molecular formula is C8H17NO. The fourth-order valence-electron chi connectivity index (χ4n) is 1.22. The monoisotopic (exact) mass is 143 g/mol. The van der Waals surface area contributed by atoms with Crippen LogP contribution < -0.4 is 5.32 Å². The van der Waals surface area contributed by atoms with Crippen LogP contribution in [0.4, 0.5) is 0 Å². The molecule has 0 aliphatic carbocycles. The highest BCUT2D eigenvalue weighted by Crippen LogP contribution is 2.07. The van der Waals surface area contributed by atoms with Gasteiger partial charge in [0.2, 0.25) is 0 Å². The smallest absolute Gasteiger partial charge is 0.0622 e. The Bertz CT molecular complexity index is 103. The highest BCUT2D eigenvalue weighted by atomic mass is 16.5. The van der Waals surface area contributed by atoms with Crippen molar-refractivity contribution in [1.29, 1.82) is 0 Å². The first-order chi connectivity index (χ1) is 4.70. The molecule has 1 aliphatic rings. The van der Waals surface area contributed by atoms with Crippen LogP contribution in [0.1, 0.15) is 20.8 Å². The minimum Gasteiger partial charge on any atom is -0.378 e. The SMILES string of the molecule is CC(C)[C@@H]1COC[C@@H](C)N1. The summed E-state index contributed by atoms with van der Waals surface area (Å²) in [5.41, 5.74) is 0. The van der Waals surface area contributed by atoms with E-state index in [1.165, 1.54) is 0 Å². The standard InChI is InChI=1S/C8H17NO/c1-6(2)8-5-10-4-7(3)9-8/h6-9H,4-5H2,1-3H3/t7-,8+/m1/s1. The molecule has 2 nitrogen and oxygen atoms in total. The lowest BCUT2D eigenvalue weighted by atomic mass is 10.0. The number of morpholine rings is 1. The lowest BCUT2D eigenvalue weighted by Gasteiger charge is -2.31. The van der Waals surface area contributed by atoms with Crippen LogP contribution in [0.2, 0.25) is 0 Å². The Morgan fingerprint density at radius 1 is 1.40 bits per heavy atom. The Labute approximate surface area is 63.0 Å². The van der Waals surface area contributed by atoms with Gasteiger partial charge in [-0.1, -0.05) is 13.8 Å². The van der Waals surface area contributed by atoms with Crippen molar-refractivity contribution in [3.05, 3.63) is 0 Å². The van der Waals surface area contributed by atoms with E-state index in [0.717, 1.165) is 13.2 Å². The second-order valence-electron chi connectivity index (χ2n) is 3.46. The van der Waals surface area contributed by atoms with Gasteiger partial charge < -0.3 is 10.1 Å². The quantitative estimate of drug-likeness (QED) is 0.591. The summed E-state index contributed by atoms with van der Waals surface area (Å²) in [6.45, 7) is 8.35. The molecule has 1 N–H and O–H groups in total. The Hall–Kier alpha value is -0.0800. The largest absolute Gasteiger partial charge is 0.378 e. The second-order valence-corrected chi connectivity index (χ2v) is 3.46. The van der Waals surface area contributed by atoms with E-state index in [-0.39, 0.29) is 0 Å².